The molecule has 4 nitrogen and oxygen atoms in total. The lowest BCUT2D eigenvalue weighted by molar-refractivity contribution is -0.150. The summed E-state index contributed by atoms with van der Waals surface area (Å²) in [6.45, 7) is 22.5. The summed E-state index contributed by atoms with van der Waals surface area (Å²) in [7, 11) is -1.91. The fourth-order valence-electron chi connectivity index (χ4n) is 2.84. The second kappa shape index (κ2) is 10.3. The van der Waals surface area contributed by atoms with Gasteiger partial charge in [0.25, 0.3) is 0 Å². The summed E-state index contributed by atoms with van der Waals surface area (Å²) in [5.41, 5.74) is 1.37. The van der Waals surface area contributed by atoms with Gasteiger partial charge in [0.05, 0.1) is 13.2 Å². The zero-order valence-corrected chi connectivity index (χ0v) is 22.9. The van der Waals surface area contributed by atoms with Gasteiger partial charge in [0.1, 0.15) is 18.0 Å². The average molecular weight is 512 g/mol. The van der Waals surface area contributed by atoms with Crippen LogP contribution in [0.3, 0.4) is 0 Å². The number of hydrogen-bond donors (Lipinski definition) is 0. The van der Waals surface area contributed by atoms with Gasteiger partial charge in [0.2, 0.25) is 6.29 Å². The Morgan fingerprint density at radius 3 is 2.19 bits per heavy atom. The molecule has 0 fully saturated rings. The highest BCUT2D eigenvalue weighted by atomic mass is 79.9. The Balaban J connectivity index is 2.09. The second-order valence-corrected chi connectivity index (χ2v) is 16.6. The fraction of sp³-hybridized carbons (Fsp3) is 0.600. The lowest BCUT2D eigenvalue weighted by Crippen LogP contribution is -2.47. The number of rotatable bonds is 8. The summed E-state index contributed by atoms with van der Waals surface area (Å²) < 4.78 is 25.6. The van der Waals surface area contributed by atoms with E-state index in [1.165, 1.54) is 5.56 Å². The van der Waals surface area contributed by atoms with Crippen molar-refractivity contribution >= 4 is 24.2 Å². The molecule has 1 aromatic carbocycles. The fourth-order valence-corrected chi connectivity index (χ4v) is 3.99. The van der Waals surface area contributed by atoms with Crippen molar-refractivity contribution in [3.8, 4) is 5.75 Å². The van der Waals surface area contributed by atoms with Crippen LogP contribution < -0.4 is 4.74 Å². The smallest absolute Gasteiger partial charge is 0.220 e. The van der Waals surface area contributed by atoms with Gasteiger partial charge in [-0.1, -0.05) is 82.3 Å². The van der Waals surface area contributed by atoms with Crippen molar-refractivity contribution in [1.82, 2.24) is 0 Å². The monoisotopic (exact) mass is 510 g/mol. The molecule has 0 radical (unpaired) electrons. The highest BCUT2D eigenvalue weighted by Crippen LogP contribution is 2.37. The Bertz CT molecular complexity index is 759. The highest BCUT2D eigenvalue weighted by Gasteiger charge is 2.39. The van der Waals surface area contributed by atoms with Crippen LogP contribution in [0.4, 0.5) is 0 Å². The van der Waals surface area contributed by atoms with Crippen LogP contribution in [0, 0.1) is 0 Å². The van der Waals surface area contributed by atoms with Gasteiger partial charge in [-0.2, -0.15) is 0 Å². The van der Waals surface area contributed by atoms with Crippen molar-refractivity contribution in [3.63, 3.8) is 0 Å². The zero-order chi connectivity index (χ0) is 23.4. The van der Waals surface area contributed by atoms with Gasteiger partial charge in [0.15, 0.2) is 8.32 Å². The molecular formula is C25H39BrO4Si. The first-order chi connectivity index (χ1) is 14.2. The molecule has 0 unspecified atom stereocenters. The van der Waals surface area contributed by atoms with Crippen molar-refractivity contribution < 1.29 is 18.6 Å². The molecule has 0 aliphatic carbocycles. The van der Waals surface area contributed by atoms with Gasteiger partial charge in [-0.15, -0.1) is 0 Å². The maximum Gasteiger partial charge on any atom is 0.220 e. The lowest BCUT2D eigenvalue weighted by atomic mass is 9.87. The van der Waals surface area contributed by atoms with Gasteiger partial charge in [0, 0.05) is 4.48 Å². The molecule has 31 heavy (non-hydrogen) atoms. The minimum atomic E-state index is -1.91. The third-order valence-corrected chi connectivity index (χ3v) is 10.7. The van der Waals surface area contributed by atoms with Gasteiger partial charge >= 0.3 is 0 Å². The topological polar surface area (TPSA) is 36.9 Å². The molecule has 1 aliphatic rings. The van der Waals surface area contributed by atoms with Crippen molar-refractivity contribution in [1.29, 1.82) is 0 Å². The van der Waals surface area contributed by atoms with Gasteiger partial charge in [-0.3, -0.25) is 0 Å². The number of halogens is 1. The maximum absolute atomic E-state index is 6.43. The van der Waals surface area contributed by atoms with Crippen LogP contribution in [0.15, 0.2) is 47.5 Å². The summed E-state index contributed by atoms with van der Waals surface area (Å²) >= 11 is 3.36. The molecule has 0 N–H and O–H groups in total. The van der Waals surface area contributed by atoms with Crippen LogP contribution in [0.5, 0.6) is 5.75 Å². The predicted octanol–water partition coefficient (Wildman–Crippen LogP) is 6.96. The summed E-state index contributed by atoms with van der Waals surface area (Å²) in [5.74, 6) is 0.778. The Kier molecular flexibility index (Phi) is 8.78. The third-order valence-electron chi connectivity index (χ3n) is 5.95. The van der Waals surface area contributed by atoms with E-state index >= 15 is 0 Å². The molecule has 1 heterocycles. The molecular weight excluding hydrogens is 472 g/mol. The van der Waals surface area contributed by atoms with E-state index in [4.69, 9.17) is 18.6 Å². The molecule has 174 valence electrons. The molecule has 0 saturated carbocycles. The van der Waals surface area contributed by atoms with Crippen molar-refractivity contribution in [2.75, 3.05) is 13.2 Å². The molecule has 1 aliphatic heterocycles. The number of ether oxygens (including phenoxy) is 3. The van der Waals surface area contributed by atoms with E-state index in [-0.39, 0.29) is 22.7 Å². The van der Waals surface area contributed by atoms with Crippen LogP contribution in [0.2, 0.25) is 18.1 Å². The molecule has 0 aromatic heterocycles. The minimum absolute atomic E-state index is 0.107. The Morgan fingerprint density at radius 1 is 1.06 bits per heavy atom. The SMILES string of the molecule is C=C(Br)CO[C@@H]1C=C[C@@H](Oc2ccc(C(C)(C)C)cc2)O[C@@H]1CO[Si](C)(C)C(C)(C)C. The summed E-state index contributed by atoms with van der Waals surface area (Å²) in [6, 6.07) is 8.20. The molecule has 0 bridgehead atoms. The molecule has 0 spiro atoms. The second-order valence-electron chi connectivity index (χ2n) is 10.7. The molecule has 0 amide bonds. The van der Waals surface area contributed by atoms with Crippen LogP contribution in [0.1, 0.15) is 47.1 Å². The van der Waals surface area contributed by atoms with Crippen molar-refractivity contribution in [2.45, 2.75) is 83.6 Å². The van der Waals surface area contributed by atoms with E-state index in [9.17, 15) is 0 Å². The van der Waals surface area contributed by atoms with Gasteiger partial charge in [-0.25, -0.2) is 0 Å². The van der Waals surface area contributed by atoms with E-state index in [2.05, 4.69) is 89.3 Å². The predicted molar refractivity (Wildman–Crippen MR) is 135 cm³/mol. The van der Waals surface area contributed by atoms with Crippen LogP contribution in [-0.4, -0.2) is 40.0 Å². The minimum Gasteiger partial charge on any atom is -0.461 e. The van der Waals surface area contributed by atoms with Crippen LogP contribution in [-0.2, 0) is 19.3 Å². The average Bonchev–Trinajstić information content (AvgIpc) is 2.64. The van der Waals surface area contributed by atoms with Gasteiger partial charge < -0.3 is 18.6 Å². The third kappa shape index (κ3) is 7.86. The molecule has 1 aromatic rings. The summed E-state index contributed by atoms with van der Waals surface area (Å²) in [6.07, 6.45) is 2.95. The van der Waals surface area contributed by atoms with E-state index in [1.54, 1.807) is 0 Å². The Hall–Kier alpha value is -0.923. The molecule has 0 saturated heterocycles. The highest BCUT2D eigenvalue weighted by molar-refractivity contribution is 9.11. The summed E-state index contributed by atoms with van der Waals surface area (Å²) in [4.78, 5) is 0. The lowest BCUT2D eigenvalue weighted by Gasteiger charge is -2.39. The standard InChI is InChI=1S/C25H39BrO4Si/c1-18(26)16-27-21-14-15-23(29-20-12-10-19(11-13-20)24(2,3)4)30-22(21)17-28-31(8,9)25(5,6)7/h10-15,21-23H,1,16-17H2,2-9H3/t21-,22-,23+/m1/s1. The Morgan fingerprint density at radius 2 is 1.68 bits per heavy atom. The normalized spacial score (nSPS) is 22.4. The van der Waals surface area contributed by atoms with E-state index < -0.39 is 14.6 Å². The quantitative estimate of drug-likeness (QED) is 0.279. The molecule has 3 atom stereocenters. The zero-order valence-electron chi connectivity index (χ0n) is 20.3. The largest absolute Gasteiger partial charge is 0.461 e. The first-order valence-corrected chi connectivity index (χ1v) is 14.6. The van der Waals surface area contributed by atoms with E-state index in [1.807, 2.05) is 24.3 Å². The summed E-state index contributed by atoms with van der Waals surface area (Å²) in [5, 5.41) is 0.128. The van der Waals surface area contributed by atoms with Crippen molar-refractivity contribution in [2.24, 2.45) is 0 Å². The van der Waals surface area contributed by atoms with Gasteiger partial charge in [-0.05, 0) is 47.3 Å². The number of hydrogen-bond acceptors (Lipinski definition) is 4. The number of benzene rings is 1. The maximum atomic E-state index is 6.43. The first-order valence-electron chi connectivity index (χ1n) is 10.9. The molecule has 6 heteroatoms. The first kappa shape index (κ1) is 26.3. The van der Waals surface area contributed by atoms with Crippen LogP contribution in [0.25, 0.3) is 0 Å². The van der Waals surface area contributed by atoms with E-state index in [0.717, 1.165) is 10.2 Å². The van der Waals surface area contributed by atoms with E-state index in [0.29, 0.717) is 13.2 Å². The Labute approximate surface area is 198 Å². The van der Waals surface area contributed by atoms with Crippen LogP contribution >= 0.6 is 15.9 Å². The van der Waals surface area contributed by atoms with Crippen molar-refractivity contribution in [3.05, 3.63) is 53.0 Å². The molecule has 2 rings (SSSR count).